The van der Waals surface area contributed by atoms with E-state index in [0.717, 1.165) is 31.1 Å². The normalized spacial score (nSPS) is 14.1. The van der Waals surface area contributed by atoms with Crippen molar-refractivity contribution in [3.8, 4) is 0 Å². The topological polar surface area (TPSA) is 51.0 Å². The lowest BCUT2D eigenvalue weighted by Gasteiger charge is -2.17. The maximum absolute atomic E-state index is 5.44. The molecule has 21 heavy (non-hydrogen) atoms. The van der Waals surface area contributed by atoms with Crippen LogP contribution in [0.25, 0.3) is 0 Å². The summed E-state index contributed by atoms with van der Waals surface area (Å²) in [5.74, 6) is 1.69. The second-order valence-corrected chi connectivity index (χ2v) is 5.68. The summed E-state index contributed by atoms with van der Waals surface area (Å²) in [6.45, 7) is 9.56. The highest BCUT2D eigenvalue weighted by Crippen LogP contribution is 2.19. The smallest absolute Gasteiger partial charge is 0.231 e. The van der Waals surface area contributed by atoms with Gasteiger partial charge in [-0.15, -0.1) is 0 Å². The fourth-order valence-corrected chi connectivity index (χ4v) is 2.27. The SMILES string of the molecule is CCCNC(C)C(C)c1nc(Cc2ccccc2C)no1. The van der Waals surface area contributed by atoms with Crippen LogP contribution in [0, 0.1) is 6.92 Å². The number of nitrogens with one attached hydrogen (secondary N) is 1. The van der Waals surface area contributed by atoms with E-state index in [-0.39, 0.29) is 5.92 Å². The van der Waals surface area contributed by atoms with Gasteiger partial charge in [0.15, 0.2) is 5.82 Å². The summed E-state index contributed by atoms with van der Waals surface area (Å²) in [7, 11) is 0. The Hall–Kier alpha value is -1.68. The van der Waals surface area contributed by atoms with Gasteiger partial charge in [0, 0.05) is 12.5 Å². The van der Waals surface area contributed by atoms with E-state index in [9.17, 15) is 0 Å². The van der Waals surface area contributed by atoms with E-state index in [1.165, 1.54) is 11.1 Å². The van der Waals surface area contributed by atoms with Gasteiger partial charge in [0.1, 0.15) is 0 Å². The third-order valence-corrected chi connectivity index (χ3v) is 3.95. The molecule has 1 N–H and O–H groups in total. The van der Waals surface area contributed by atoms with Gasteiger partial charge in [-0.05, 0) is 37.9 Å². The largest absolute Gasteiger partial charge is 0.339 e. The van der Waals surface area contributed by atoms with Crippen molar-refractivity contribution < 1.29 is 4.52 Å². The number of hydrogen-bond donors (Lipinski definition) is 1. The monoisotopic (exact) mass is 287 g/mol. The number of rotatable bonds is 7. The standard InChI is InChI=1S/C17H25N3O/c1-5-10-18-14(4)13(3)17-19-16(20-21-17)11-15-9-7-6-8-12(15)2/h6-9,13-14,18H,5,10-11H2,1-4H3. The first kappa shape index (κ1) is 15.7. The Labute approximate surface area is 127 Å². The number of aryl methyl sites for hydroxylation is 1. The zero-order valence-corrected chi connectivity index (χ0v) is 13.4. The fourth-order valence-electron chi connectivity index (χ4n) is 2.27. The van der Waals surface area contributed by atoms with Gasteiger partial charge in [-0.2, -0.15) is 4.98 Å². The van der Waals surface area contributed by atoms with Gasteiger partial charge < -0.3 is 9.84 Å². The Bertz CT molecular complexity index is 565. The molecule has 1 heterocycles. The summed E-state index contributed by atoms with van der Waals surface area (Å²) < 4.78 is 5.44. The number of benzene rings is 1. The van der Waals surface area contributed by atoms with Crippen molar-refractivity contribution in [1.29, 1.82) is 0 Å². The molecule has 0 saturated carbocycles. The first-order valence-electron chi connectivity index (χ1n) is 7.72. The highest BCUT2D eigenvalue weighted by Gasteiger charge is 2.20. The quantitative estimate of drug-likeness (QED) is 0.847. The average Bonchev–Trinajstić information content (AvgIpc) is 2.95. The molecule has 4 heteroatoms. The lowest BCUT2D eigenvalue weighted by atomic mass is 10.0. The first-order chi connectivity index (χ1) is 10.1. The minimum Gasteiger partial charge on any atom is -0.339 e. The lowest BCUT2D eigenvalue weighted by Crippen LogP contribution is -2.31. The Morgan fingerprint density at radius 3 is 2.71 bits per heavy atom. The van der Waals surface area contributed by atoms with Gasteiger partial charge in [0.25, 0.3) is 0 Å². The van der Waals surface area contributed by atoms with Gasteiger partial charge in [0.2, 0.25) is 5.89 Å². The van der Waals surface area contributed by atoms with Crippen molar-refractivity contribution in [3.63, 3.8) is 0 Å². The molecule has 114 valence electrons. The molecule has 2 unspecified atom stereocenters. The highest BCUT2D eigenvalue weighted by atomic mass is 16.5. The van der Waals surface area contributed by atoms with Crippen LogP contribution in [-0.4, -0.2) is 22.7 Å². The van der Waals surface area contributed by atoms with Crippen molar-refractivity contribution >= 4 is 0 Å². The molecule has 0 aliphatic heterocycles. The zero-order chi connectivity index (χ0) is 15.2. The maximum atomic E-state index is 5.44. The summed E-state index contributed by atoms with van der Waals surface area (Å²) in [6.07, 6.45) is 1.85. The van der Waals surface area contributed by atoms with E-state index in [0.29, 0.717) is 6.04 Å². The molecule has 0 aliphatic rings. The molecule has 0 saturated heterocycles. The van der Waals surface area contributed by atoms with Crippen LogP contribution < -0.4 is 5.32 Å². The van der Waals surface area contributed by atoms with Crippen LogP contribution in [0.1, 0.15) is 56.0 Å². The van der Waals surface area contributed by atoms with E-state index in [2.05, 4.69) is 55.3 Å². The van der Waals surface area contributed by atoms with Crippen LogP contribution in [0.4, 0.5) is 0 Å². The average molecular weight is 287 g/mol. The van der Waals surface area contributed by atoms with E-state index in [1.807, 2.05) is 12.1 Å². The van der Waals surface area contributed by atoms with E-state index in [4.69, 9.17) is 4.52 Å². The Morgan fingerprint density at radius 2 is 2.00 bits per heavy atom. The minimum absolute atomic E-state index is 0.217. The predicted octanol–water partition coefficient (Wildman–Crippen LogP) is 3.46. The number of aromatic nitrogens is 2. The molecule has 1 aromatic heterocycles. The molecule has 0 bridgehead atoms. The van der Waals surface area contributed by atoms with Crippen LogP contribution in [0.15, 0.2) is 28.8 Å². The van der Waals surface area contributed by atoms with Gasteiger partial charge in [-0.25, -0.2) is 0 Å². The molecule has 0 spiro atoms. The summed E-state index contributed by atoms with van der Waals surface area (Å²) in [5, 5.41) is 7.59. The van der Waals surface area contributed by atoms with Crippen LogP contribution in [0.2, 0.25) is 0 Å². The summed E-state index contributed by atoms with van der Waals surface area (Å²) >= 11 is 0. The Balaban J connectivity index is 2.02. The second kappa shape index (κ2) is 7.36. The molecular weight excluding hydrogens is 262 g/mol. The Kier molecular flexibility index (Phi) is 5.51. The van der Waals surface area contributed by atoms with Gasteiger partial charge in [-0.3, -0.25) is 0 Å². The van der Waals surface area contributed by atoms with Crippen molar-refractivity contribution in [2.24, 2.45) is 0 Å². The molecule has 0 radical (unpaired) electrons. The summed E-state index contributed by atoms with van der Waals surface area (Å²) in [4.78, 5) is 4.56. The van der Waals surface area contributed by atoms with Crippen LogP contribution >= 0.6 is 0 Å². The van der Waals surface area contributed by atoms with E-state index >= 15 is 0 Å². The van der Waals surface area contributed by atoms with E-state index < -0.39 is 0 Å². The predicted molar refractivity (Wildman–Crippen MR) is 84.5 cm³/mol. The maximum Gasteiger partial charge on any atom is 0.231 e. The Morgan fingerprint density at radius 1 is 1.24 bits per heavy atom. The lowest BCUT2D eigenvalue weighted by molar-refractivity contribution is 0.328. The molecule has 2 atom stereocenters. The molecule has 2 rings (SSSR count). The number of nitrogens with zero attached hydrogens (tertiary/aromatic N) is 2. The third-order valence-electron chi connectivity index (χ3n) is 3.95. The summed E-state index contributed by atoms with van der Waals surface area (Å²) in [5.41, 5.74) is 2.50. The van der Waals surface area contributed by atoms with Gasteiger partial charge >= 0.3 is 0 Å². The van der Waals surface area contributed by atoms with Crippen LogP contribution in [0.5, 0.6) is 0 Å². The van der Waals surface area contributed by atoms with E-state index in [1.54, 1.807) is 0 Å². The summed E-state index contributed by atoms with van der Waals surface area (Å²) in [6, 6.07) is 8.64. The molecule has 4 nitrogen and oxygen atoms in total. The number of hydrogen-bond acceptors (Lipinski definition) is 4. The first-order valence-corrected chi connectivity index (χ1v) is 7.72. The van der Waals surface area contributed by atoms with Crippen molar-refractivity contribution in [2.75, 3.05) is 6.54 Å². The minimum atomic E-state index is 0.217. The molecule has 2 aromatic rings. The third kappa shape index (κ3) is 4.14. The van der Waals surface area contributed by atoms with Crippen molar-refractivity contribution in [3.05, 3.63) is 47.1 Å². The molecule has 1 aromatic carbocycles. The van der Waals surface area contributed by atoms with Crippen LogP contribution in [0.3, 0.4) is 0 Å². The molecule has 0 amide bonds. The molecule has 0 aliphatic carbocycles. The molecular formula is C17H25N3O. The molecule has 0 fully saturated rings. The highest BCUT2D eigenvalue weighted by molar-refractivity contribution is 5.28. The van der Waals surface area contributed by atoms with Crippen LogP contribution in [-0.2, 0) is 6.42 Å². The zero-order valence-electron chi connectivity index (χ0n) is 13.4. The second-order valence-electron chi connectivity index (χ2n) is 5.68. The van der Waals surface area contributed by atoms with Gasteiger partial charge in [-0.1, -0.05) is 43.3 Å². The van der Waals surface area contributed by atoms with Crippen molar-refractivity contribution in [2.45, 2.75) is 52.5 Å². The fraction of sp³-hybridized carbons (Fsp3) is 0.529. The van der Waals surface area contributed by atoms with Gasteiger partial charge in [0.05, 0.1) is 5.92 Å². The van der Waals surface area contributed by atoms with Crippen molar-refractivity contribution in [1.82, 2.24) is 15.5 Å².